The molecule has 0 atom stereocenters. The molecular formula is C38H26. The van der Waals surface area contributed by atoms with Gasteiger partial charge in [0.15, 0.2) is 0 Å². The molecule has 0 nitrogen and oxygen atoms in total. The first kappa shape index (κ1) is 21.4. The molecule has 0 heterocycles. The van der Waals surface area contributed by atoms with Crippen molar-refractivity contribution in [2.75, 3.05) is 0 Å². The summed E-state index contributed by atoms with van der Waals surface area (Å²) in [7, 11) is 0. The Labute approximate surface area is 221 Å². The minimum Gasteiger partial charge on any atom is -0.0653 e. The third-order valence-corrected chi connectivity index (χ3v) is 8.27. The zero-order valence-corrected chi connectivity index (χ0v) is 21.0. The second kappa shape index (κ2) is 8.43. The molecule has 0 saturated heterocycles. The predicted octanol–water partition coefficient (Wildman–Crippen LogP) is 6.38. The van der Waals surface area contributed by atoms with Crippen molar-refractivity contribution in [1.29, 1.82) is 0 Å². The average molecular weight is 483 g/mol. The Hall–Kier alpha value is -4.68. The van der Waals surface area contributed by atoms with Crippen LogP contribution in [0, 0.1) is 0 Å². The van der Waals surface area contributed by atoms with E-state index in [9.17, 15) is 0 Å². The first-order chi connectivity index (χ1) is 18.8. The zero-order valence-electron chi connectivity index (χ0n) is 21.0. The number of hydrogen-bond acceptors (Lipinski definition) is 0. The highest BCUT2D eigenvalue weighted by molar-refractivity contribution is 5.86. The van der Waals surface area contributed by atoms with Crippen LogP contribution in [0.1, 0.15) is 23.0 Å². The van der Waals surface area contributed by atoms with Gasteiger partial charge in [-0.25, -0.2) is 0 Å². The maximum absolute atomic E-state index is 2.43. The van der Waals surface area contributed by atoms with E-state index in [1.54, 1.807) is 0 Å². The third kappa shape index (κ3) is 3.45. The maximum Gasteiger partial charge on any atom is 0.0222 e. The highest BCUT2D eigenvalue weighted by Crippen LogP contribution is 2.37. The van der Waals surface area contributed by atoms with Crippen LogP contribution >= 0.6 is 0 Å². The van der Waals surface area contributed by atoms with Crippen molar-refractivity contribution < 1.29 is 0 Å². The van der Waals surface area contributed by atoms with E-state index in [0.29, 0.717) is 0 Å². The number of benzene rings is 6. The van der Waals surface area contributed by atoms with Crippen molar-refractivity contribution in [1.82, 2.24) is 0 Å². The van der Waals surface area contributed by atoms with Gasteiger partial charge in [0.25, 0.3) is 0 Å². The monoisotopic (exact) mass is 482 g/mol. The van der Waals surface area contributed by atoms with Gasteiger partial charge in [-0.3, -0.25) is 0 Å². The Morgan fingerprint density at radius 1 is 0.316 bits per heavy atom. The predicted molar refractivity (Wildman–Crippen MR) is 162 cm³/mol. The van der Waals surface area contributed by atoms with E-state index in [4.69, 9.17) is 0 Å². The van der Waals surface area contributed by atoms with E-state index in [-0.39, 0.29) is 11.8 Å². The number of hydrogen-bond donors (Lipinski definition) is 0. The summed E-state index contributed by atoms with van der Waals surface area (Å²) in [6.07, 6.45) is 9.72. The van der Waals surface area contributed by atoms with Crippen LogP contribution in [0.15, 0.2) is 121 Å². The SMILES string of the molecule is C1=c2cc3ccccc3cc2=CC1c1ccccc1-c1ccccc1C1C=c2cc3ccccc3cc2=C1. The van der Waals surface area contributed by atoms with Gasteiger partial charge in [0.1, 0.15) is 0 Å². The van der Waals surface area contributed by atoms with E-state index >= 15 is 0 Å². The minimum absolute atomic E-state index is 0.255. The molecule has 38 heavy (non-hydrogen) atoms. The van der Waals surface area contributed by atoms with Gasteiger partial charge < -0.3 is 0 Å². The maximum atomic E-state index is 2.43. The standard InChI is InChI=1S/C38H26/c1-2-10-26-18-30-22-33(21-29(30)17-25(26)9-1)35-13-5-7-15-37(35)38-16-8-6-14-36(38)34-23-31-19-27-11-3-4-12-28(27)20-32(31)24-34/h1-24,33-34H. The van der Waals surface area contributed by atoms with Crippen molar-refractivity contribution in [3.05, 3.63) is 153 Å². The lowest BCUT2D eigenvalue weighted by atomic mass is 9.85. The van der Waals surface area contributed by atoms with Crippen molar-refractivity contribution in [2.24, 2.45) is 0 Å². The summed E-state index contributed by atoms with van der Waals surface area (Å²) in [5.41, 5.74) is 5.37. The fourth-order valence-corrected chi connectivity index (χ4v) is 6.42. The van der Waals surface area contributed by atoms with Crippen LogP contribution < -0.4 is 20.9 Å². The van der Waals surface area contributed by atoms with Crippen LogP contribution in [-0.4, -0.2) is 0 Å². The van der Waals surface area contributed by atoms with E-state index in [1.165, 1.54) is 64.7 Å². The summed E-state index contributed by atoms with van der Waals surface area (Å²) in [4.78, 5) is 0. The molecule has 6 aromatic rings. The summed E-state index contributed by atoms with van der Waals surface area (Å²) in [5, 5.41) is 10.5. The van der Waals surface area contributed by atoms with Gasteiger partial charge in [0.05, 0.1) is 0 Å². The lowest BCUT2D eigenvalue weighted by Crippen LogP contribution is -2.20. The Kier molecular flexibility index (Phi) is 4.75. The zero-order chi connectivity index (χ0) is 25.1. The van der Waals surface area contributed by atoms with Gasteiger partial charge in [0, 0.05) is 11.8 Å². The smallest absolute Gasteiger partial charge is 0.0222 e. The molecule has 0 N–H and O–H groups in total. The molecule has 0 spiro atoms. The van der Waals surface area contributed by atoms with Crippen molar-refractivity contribution >= 4 is 45.8 Å². The summed E-state index contributed by atoms with van der Waals surface area (Å²) < 4.78 is 0. The molecule has 0 bridgehead atoms. The topological polar surface area (TPSA) is 0 Å². The van der Waals surface area contributed by atoms with Gasteiger partial charge in [-0.2, -0.15) is 0 Å². The van der Waals surface area contributed by atoms with Crippen LogP contribution in [0.2, 0.25) is 0 Å². The molecular weight excluding hydrogens is 456 g/mol. The summed E-state index contributed by atoms with van der Waals surface area (Å²) in [5.74, 6) is 0.509. The van der Waals surface area contributed by atoms with Gasteiger partial charge in [-0.1, -0.05) is 121 Å². The molecule has 0 amide bonds. The molecule has 0 aliphatic heterocycles. The quantitative estimate of drug-likeness (QED) is 0.275. The molecule has 0 radical (unpaired) electrons. The fraction of sp³-hybridized carbons (Fsp3) is 0.0526. The molecule has 8 rings (SSSR count). The lowest BCUT2D eigenvalue weighted by Gasteiger charge is -2.18. The third-order valence-electron chi connectivity index (χ3n) is 8.27. The second-order valence-electron chi connectivity index (χ2n) is 10.5. The number of rotatable bonds is 3. The molecule has 0 aromatic heterocycles. The second-order valence-corrected chi connectivity index (χ2v) is 10.5. The van der Waals surface area contributed by atoms with E-state index in [2.05, 4.69) is 146 Å². The summed E-state index contributed by atoms with van der Waals surface area (Å²) in [6, 6.07) is 44.6. The minimum atomic E-state index is 0.255. The van der Waals surface area contributed by atoms with E-state index < -0.39 is 0 Å². The molecule has 0 fully saturated rings. The van der Waals surface area contributed by atoms with Crippen LogP contribution in [0.25, 0.3) is 57.0 Å². The molecule has 0 heteroatoms. The van der Waals surface area contributed by atoms with Crippen LogP contribution in [-0.2, 0) is 0 Å². The molecule has 2 aliphatic rings. The number of fused-ring (bicyclic) bond motifs is 4. The Morgan fingerprint density at radius 2 is 0.605 bits per heavy atom. The molecule has 178 valence electrons. The van der Waals surface area contributed by atoms with Crippen LogP contribution in [0.5, 0.6) is 0 Å². The van der Waals surface area contributed by atoms with Gasteiger partial charge in [-0.05, 0) is 88.9 Å². The fourth-order valence-electron chi connectivity index (χ4n) is 6.42. The first-order valence-corrected chi connectivity index (χ1v) is 13.4. The first-order valence-electron chi connectivity index (χ1n) is 13.4. The van der Waals surface area contributed by atoms with Gasteiger partial charge in [0.2, 0.25) is 0 Å². The van der Waals surface area contributed by atoms with Crippen molar-refractivity contribution in [3.8, 4) is 11.1 Å². The average Bonchev–Trinajstić information content (AvgIpc) is 3.58. The highest BCUT2D eigenvalue weighted by atomic mass is 14.2. The molecule has 0 saturated carbocycles. The normalized spacial score (nSPS) is 14.4. The van der Waals surface area contributed by atoms with Crippen molar-refractivity contribution in [2.45, 2.75) is 11.8 Å². The highest BCUT2D eigenvalue weighted by Gasteiger charge is 2.20. The Bertz CT molecular complexity index is 1880. The molecule has 2 aliphatic carbocycles. The van der Waals surface area contributed by atoms with Crippen molar-refractivity contribution in [3.63, 3.8) is 0 Å². The van der Waals surface area contributed by atoms with Crippen LogP contribution in [0.4, 0.5) is 0 Å². The molecule has 0 unspecified atom stereocenters. The van der Waals surface area contributed by atoms with Crippen LogP contribution in [0.3, 0.4) is 0 Å². The Balaban J connectivity index is 1.25. The van der Waals surface area contributed by atoms with E-state index in [1.807, 2.05) is 0 Å². The largest absolute Gasteiger partial charge is 0.0653 e. The summed E-state index contributed by atoms with van der Waals surface area (Å²) in [6.45, 7) is 0. The molecule has 6 aromatic carbocycles. The lowest BCUT2D eigenvalue weighted by molar-refractivity contribution is 1.19. The van der Waals surface area contributed by atoms with E-state index in [0.717, 1.165) is 0 Å². The summed E-state index contributed by atoms with van der Waals surface area (Å²) >= 11 is 0. The van der Waals surface area contributed by atoms with Gasteiger partial charge in [-0.15, -0.1) is 0 Å². The van der Waals surface area contributed by atoms with Gasteiger partial charge >= 0.3 is 0 Å². The Morgan fingerprint density at radius 3 is 0.947 bits per heavy atom.